The Morgan fingerprint density at radius 2 is 2.04 bits per heavy atom. The number of hydrogen-bond donors (Lipinski definition) is 1. The van der Waals surface area contributed by atoms with E-state index in [1.807, 2.05) is 24.3 Å². The van der Waals surface area contributed by atoms with Crippen molar-refractivity contribution in [1.82, 2.24) is 20.2 Å². The van der Waals surface area contributed by atoms with Crippen molar-refractivity contribution in [2.24, 2.45) is 0 Å². The summed E-state index contributed by atoms with van der Waals surface area (Å²) in [5.74, 6) is -0.730. The van der Waals surface area contributed by atoms with Crippen molar-refractivity contribution in [1.29, 1.82) is 0 Å². The first-order valence-corrected chi connectivity index (χ1v) is 9.10. The lowest BCUT2D eigenvalue weighted by Gasteiger charge is -2.06. The molecular formula is C15H10BrClFN5OS. The topological polar surface area (TPSA) is 72.7 Å². The minimum Gasteiger partial charge on any atom is -0.325 e. The van der Waals surface area contributed by atoms with Gasteiger partial charge in [-0.1, -0.05) is 39.3 Å². The number of hydrogen-bond acceptors (Lipinski definition) is 5. The van der Waals surface area contributed by atoms with Crippen molar-refractivity contribution < 1.29 is 9.18 Å². The Morgan fingerprint density at radius 1 is 1.28 bits per heavy atom. The molecule has 0 aliphatic carbocycles. The maximum Gasteiger partial charge on any atom is 0.234 e. The van der Waals surface area contributed by atoms with Crippen LogP contribution < -0.4 is 5.32 Å². The zero-order valence-corrected chi connectivity index (χ0v) is 15.6. The molecule has 1 amide bonds. The first kappa shape index (κ1) is 17.8. The molecule has 0 saturated heterocycles. The van der Waals surface area contributed by atoms with Crippen LogP contribution in [0.25, 0.3) is 5.69 Å². The van der Waals surface area contributed by atoms with Gasteiger partial charge in [0, 0.05) is 10.2 Å². The Kier molecular flexibility index (Phi) is 5.67. The normalized spacial score (nSPS) is 10.7. The quantitative estimate of drug-likeness (QED) is 0.606. The molecule has 0 bridgehead atoms. The summed E-state index contributed by atoms with van der Waals surface area (Å²) >= 11 is 10.2. The number of benzene rings is 2. The predicted octanol–water partition coefficient (Wildman–Crippen LogP) is 3.95. The van der Waals surface area contributed by atoms with Gasteiger partial charge in [-0.25, -0.2) is 4.39 Å². The van der Waals surface area contributed by atoms with Crippen molar-refractivity contribution in [3.63, 3.8) is 0 Å². The highest BCUT2D eigenvalue weighted by molar-refractivity contribution is 9.10. The molecule has 0 aliphatic rings. The number of amides is 1. The van der Waals surface area contributed by atoms with Crippen molar-refractivity contribution in [2.75, 3.05) is 11.1 Å². The van der Waals surface area contributed by atoms with E-state index in [0.717, 1.165) is 10.2 Å². The lowest BCUT2D eigenvalue weighted by atomic mass is 10.3. The molecule has 0 atom stereocenters. The first-order valence-electron chi connectivity index (χ1n) is 6.95. The van der Waals surface area contributed by atoms with Crippen LogP contribution in [0.4, 0.5) is 10.1 Å². The van der Waals surface area contributed by atoms with Gasteiger partial charge in [0.15, 0.2) is 0 Å². The average molecular weight is 443 g/mol. The first-order chi connectivity index (χ1) is 12.0. The van der Waals surface area contributed by atoms with Crippen LogP contribution in [-0.4, -0.2) is 31.9 Å². The second kappa shape index (κ2) is 7.94. The molecule has 0 fully saturated rings. The SMILES string of the molecule is O=C(CSc1nnnn1-c1ccc(Br)cc1)Nc1ccc(F)c(Cl)c1. The van der Waals surface area contributed by atoms with Crippen LogP contribution in [0.2, 0.25) is 5.02 Å². The Balaban J connectivity index is 1.64. The van der Waals surface area contributed by atoms with Gasteiger partial charge in [0.2, 0.25) is 11.1 Å². The Bertz CT molecular complexity index is 905. The summed E-state index contributed by atoms with van der Waals surface area (Å²) in [5.41, 5.74) is 1.20. The van der Waals surface area contributed by atoms with Crippen molar-refractivity contribution in [2.45, 2.75) is 5.16 Å². The molecular weight excluding hydrogens is 433 g/mol. The van der Waals surface area contributed by atoms with E-state index >= 15 is 0 Å². The monoisotopic (exact) mass is 441 g/mol. The van der Waals surface area contributed by atoms with E-state index in [1.165, 1.54) is 30.0 Å². The van der Waals surface area contributed by atoms with Crippen LogP contribution in [0.1, 0.15) is 0 Å². The van der Waals surface area contributed by atoms with Gasteiger partial charge in [0.1, 0.15) is 5.82 Å². The summed E-state index contributed by atoms with van der Waals surface area (Å²) in [5, 5.41) is 14.6. The van der Waals surface area contributed by atoms with Gasteiger partial charge in [-0.2, -0.15) is 4.68 Å². The summed E-state index contributed by atoms with van der Waals surface area (Å²) in [6.07, 6.45) is 0. The number of tetrazole rings is 1. The highest BCUT2D eigenvalue weighted by Crippen LogP contribution is 2.22. The molecule has 128 valence electrons. The summed E-state index contributed by atoms with van der Waals surface area (Å²) in [6, 6.07) is 11.4. The molecule has 2 aromatic carbocycles. The number of anilines is 1. The van der Waals surface area contributed by atoms with E-state index in [-0.39, 0.29) is 16.7 Å². The van der Waals surface area contributed by atoms with Crippen LogP contribution in [0.3, 0.4) is 0 Å². The summed E-state index contributed by atoms with van der Waals surface area (Å²) < 4.78 is 15.6. The summed E-state index contributed by atoms with van der Waals surface area (Å²) in [6.45, 7) is 0. The third-order valence-electron chi connectivity index (χ3n) is 3.05. The Labute approximate surface area is 159 Å². The molecule has 6 nitrogen and oxygen atoms in total. The molecule has 1 N–H and O–H groups in total. The van der Waals surface area contributed by atoms with E-state index in [1.54, 1.807) is 4.68 Å². The van der Waals surface area contributed by atoms with Crippen LogP contribution in [0, 0.1) is 5.82 Å². The lowest BCUT2D eigenvalue weighted by Crippen LogP contribution is -2.14. The highest BCUT2D eigenvalue weighted by Gasteiger charge is 2.12. The van der Waals surface area contributed by atoms with Gasteiger partial charge in [-0.15, -0.1) is 5.10 Å². The lowest BCUT2D eigenvalue weighted by molar-refractivity contribution is -0.113. The molecule has 3 rings (SSSR count). The van der Waals surface area contributed by atoms with Crippen molar-refractivity contribution >= 4 is 50.9 Å². The fourth-order valence-corrected chi connectivity index (χ4v) is 3.05. The van der Waals surface area contributed by atoms with E-state index < -0.39 is 5.82 Å². The molecule has 1 heterocycles. The number of aromatic nitrogens is 4. The third kappa shape index (κ3) is 4.56. The molecule has 3 aromatic rings. The van der Waals surface area contributed by atoms with Gasteiger partial charge >= 0.3 is 0 Å². The number of nitrogens with zero attached hydrogens (tertiary/aromatic N) is 4. The van der Waals surface area contributed by atoms with Crippen molar-refractivity contribution in [3.05, 3.63) is 57.8 Å². The number of carbonyl (C=O) groups is 1. The van der Waals surface area contributed by atoms with Crippen LogP contribution in [-0.2, 0) is 4.79 Å². The maximum atomic E-state index is 13.1. The predicted molar refractivity (Wildman–Crippen MR) is 97.6 cm³/mol. The molecule has 0 radical (unpaired) electrons. The van der Waals surface area contributed by atoms with Crippen LogP contribution >= 0.6 is 39.3 Å². The fraction of sp³-hybridized carbons (Fsp3) is 0.0667. The number of carbonyl (C=O) groups excluding carboxylic acids is 1. The molecule has 10 heteroatoms. The van der Waals surface area contributed by atoms with Gasteiger partial charge in [-0.3, -0.25) is 4.79 Å². The third-order valence-corrected chi connectivity index (χ3v) is 4.79. The second-order valence-corrected chi connectivity index (χ2v) is 7.08. The average Bonchev–Trinajstić information content (AvgIpc) is 3.06. The van der Waals surface area contributed by atoms with Gasteiger partial charge < -0.3 is 5.32 Å². The summed E-state index contributed by atoms with van der Waals surface area (Å²) in [4.78, 5) is 12.0. The standard InChI is InChI=1S/C15H10BrClFN5OS/c16-9-1-4-11(5-2-9)23-15(20-21-22-23)25-8-14(24)19-10-3-6-13(18)12(17)7-10/h1-7H,8H2,(H,19,24). The van der Waals surface area contributed by atoms with Crippen molar-refractivity contribution in [3.8, 4) is 5.69 Å². The molecule has 1 aromatic heterocycles. The van der Waals surface area contributed by atoms with Crippen LogP contribution in [0.5, 0.6) is 0 Å². The number of thioether (sulfide) groups is 1. The molecule has 25 heavy (non-hydrogen) atoms. The number of rotatable bonds is 5. The Hall–Kier alpha value is -1.97. The molecule has 0 unspecified atom stereocenters. The van der Waals surface area contributed by atoms with E-state index in [2.05, 4.69) is 36.8 Å². The zero-order valence-electron chi connectivity index (χ0n) is 12.5. The van der Waals surface area contributed by atoms with E-state index in [9.17, 15) is 9.18 Å². The number of nitrogens with one attached hydrogen (secondary N) is 1. The summed E-state index contributed by atoms with van der Waals surface area (Å²) in [7, 11) is 0. The minimum absolute atomic E-state index is 0.0513. The maximum absolute atomic E-state index is 13.1. The van der Waals surface area contributed by atoms with Gasteiger partial charge in [0.05, 0.1) is 16.5 Å². The Morgan fingerprint density at radius 3 is 2.76 bits per heavy atom. The van der Waals surface area contributed by atoms with Crippen LogP contribution in [0.15, 0.2) is 52.1 Å². The zero-order chi connectivity index (χ0) is 17.8. The molecule has 0 aliphatic heterocycles. The van der Waals surface area contributed by atoms with E-state index in [0.29, 0.717) is 10.8 Å². The van der Waals surface area contributed by atoms with E-state index in [4.69, 9.17) is 11.6 Å². The smallest absolute Gasteiger partial charge is 0.234 e. The molecule has 0 saturated carbocycles. The second-order valence-electron chi connectivity index (χ2n) is 4.82. The number of halogens is 3. The van der Waals surface area contributed by atoms with Gasteiger partial charge in [0.25, 0.3) is 0 Å². The molecule has 0 spiro atoms. The van der Waals surface area contributed by atoms with Gasteiger partial charge in [-0.05, 0) is 52.9 Å². The largest absolute Gasteiger partial charge is 0.325 e. The highest BCUT2D eigenvalue weighted by atomic mass is 79.9. The minimum atomic E-state index is -0.539. The fourth-order valence-electron chi connectivity index (χ4n) is 1.91.